The molecule has 84 valence electrons. The molecule has 0 radical (unpaired) electrons. The molecule has 0 saturated heterocycles. The molecular formula is C12H20O2Si. The third kappa shape index (κ3) is 2.90. The Morgan fingerprint density at radius 2 is 1.60 bits per heavy atom. The van der Waals surface area contributed by atoms with Crippen molar-refractivity contribution in [1.29, 1.82) is 0 Å². The first-order valence-corrected chi connectivity index (χ1v) is 7.04. The van der Waals surface area contributed by atoms with E-state index in [-0.39, 0.29) is 0 Å². The van der Waals surface area contributed by atoms with Crippen LogP contribution in [-0.2, 0) is 15.3 Å². The summed E-state index contributed by atoms with van der Waals surface area (Å²) in [6.45, 7) is 5.37. The summed E-state index contributed by atoms with van der Waals surface area (Å²) in [4.78, 5) is 0. The minimum Gasteiger partial charge on any atom is -0.346 e. The zero-order valence-electron chi connectivity index (χ0n) is 9.82. The fourth-order valence-corrected chi connectivity index (χ4v) is 2.59. The van der Waals surface area contributed by atoms with Crippen LogP contribution in [-0.4, -0.2) is 23.5 Å². The highest BCUT2D eigenvalue weighted by molar-refractivity contribution is 6.09. The van der Waals surface area contributed by atoms with Gasteiger partial charge in [-0.15, -0.1) is 0 Å². The SMILES string of the molecule is CCOC(C[SiH3])(OCC)c1ccccc1. The van der Waals surface area contributed by atoms with Crippen molar-refractivity contribution in [2.75, 3.05) is 13.2 Å². The van der Waals surface area contributed by atoms with E-state index in [0.717, 1.165) is 21.9 Å². The molecule has 0 atom stereocenters. The maximum atomic E-state index is 5.82. The topological polar surface area (TPSA) is 18.5 Å². The summed E-state index contributed by atoms with van der Waals surface area (Å²) in [5.41, 5.74) is 1.13. The molecule has 0 aromatic heterocycles. The fraction of sp³-hybridized carbons (Fsp3) is 0.500. The van der Waals surface area contributed by atoms with Crippen molar-refractivity contribution in [2.45, 2.75) is 25.7 Å². The van der Waals surface area contributed by atoms with Gasteiger partial charge in [0.2, 0.25) is 0 Å². The number of rotatable bonds is 6. The summed E-state index contributed by atoms with van der Waals surface area (Å²) in [6.07, 6.45) is 0. The number of ether oxygens (including phenoxy) is 2. The Hall–Kier alpha value is -0.643. The van der Waals surface area contributed by atoms with Crippen LogP contribution in [0.15, 0.2) is 30.3 Å². The van der Waals surface area contributed by atoms with Gasteiger partial charge in [0.15, 0.2) is 5.79 Å². The zero-order chi connectivity index (χ0) is 11.1. The zero-order valence-corrected chi connectivity index (χ0v) is 11.8. The Morgan fingerprint density at radius 1 is 1.07 bits per heavy atom. The molecule has 1 rings (SSSR count). The van der Waals surface area contributed by atoms with E-state index in [1.165, 1.54) is 0 Å². The first-order valence-electron chi connectivity index (χ1n) is 5.62. The van der Waals surface area contributed by atoms with Gasteiger partial charge in [0, 0.05) is 29.0 Å². The molecule has 0 aliphatic carbocycles. The second-order valence-corrected chi connectivity index (χ2v) is 4.05. The number of hydrogen-bond donors (Lipinski definition) is 0. The van der Waals surface area contributed by atoms with E-state index in [9.17, 15) is 0 Å². The van der Waals surface area contributed by atoms with Gasteiger partial charge in [-0.2, -0.15) is 0 Å². The molecule has 0 heterocycles. The van der Waals surface area contributed by atoms with Gasteiger partial charge < -0.3 is 9.47 Å². The van der Waals surface area contributed by atoms with Crippen molar-refractivity contribution in [3.63, 3.8) is 0 Å². The summed E-state index contributed by atoms with van der Waals surface area (Å²) in [7, 11) is 1.06. The molecule has 0 unspecified atom stereocenters. The molecule has 3 heteroatoms. The second kappa shape index (κ2) is 6.05. The van der Waals surface area contributed by atoms with Crippen molar-refractivity contribution < 1.29 is 9.47 Å². The van der Waals surface area contributed by atoms with E-state index in [1.807, 2.05) is 32.0 Å². The average molecular weight is 224 g/mol. The van der Waals surface area contributed by atoms with Crippen molar-refractivity contribution in [3.8, 4) is 0 Å². The molecule has 0 aliphatic rings. The molecule has 0 spiro atoms. The monoisotopic (exact) mass is 224 g/mol. The molecule has 1 aromatic carbocycles. The van der Waals surface area contributed by atoms with E-state index < -0.39 is 5.79 Å². The van der Waals surface area contributed by atoms with Crippen molar-refractivity contribution >= 4 is 10.2 Å². The highest BCUT2D eigenvalue weighted by atomic mass is 28.1. The van der Waals surface area contributed by atoms with Crippen LogP contribution in [0.5, 0.6) is 0 Å². The summed E-state index contributed by atoms with van der Waals surface area (Å²) in [5.74, 6) is -0.503. The molecule has 0 fully saturated rings. The van der Waals surface area contributed by atoms with E-state index in [1.54, 1.807) is 0 Å². The van der Waals surface area contributed by atoms with Crippen LogP contribution in [0, 0.1) is 0 Å². The van der Waals surface area contributed by atoms with Gasteiger partial charge >= 0.3 is 0 Å². The van der Waals surface area contributed by atoms with Crippen molar-refractivity contribution in [1.82, 2.24) is 0 Å². The molecular weight excluding hydrogens is 204 g/mol. The standard InChI is InChI=1S/C12H20O2Si/c1-3-13-12(10-15,14-4-2)11-8-6-5-7-9-11/h5-9H,3-4,10H2,1-2,15H3. The molecule has 15 heavy (non-hydrogen) atoms. The van der Waals surface area contributed by atoms with Crippen molar-refractivity contribution in [3.05, 3.63) is 35.9 Å². The Bertz CT molecular complexity index is 268. The van der Waals surface area contributed by atoms with Crippen LogP contribution in [0.4, 0.5) is 0 Å². The van der Waals surface area contributed by atoms with Gasteiger partial charge in [-0.05, 0) is 19.9 Å². The van der Waals surface area contributed by atoms with Gasteiger partial charge in [0.1, 0.15) is 0 Å². The first-order chi connectivity index (χ1) is 7.29. The van der Waals surface area contributed by atoms with E-state index in [0.29, 0.717) is 13.2 Å². The summed E-state index contributed by atoms with van der Waals surface area (Å²) >= 11 is 0. The summed E-state index contributed by atoms with van der Waals surface area (Å²) in [6, 6.07) is 11.2. The summed E-state index contributed by atoms with van der Waals surface area (Å²) < 4.78 is 11.6. The maximum absolute atomic E-state index is 5.82. The third-order valence-electron chi connectivity index (χ3n) is 2.43. The molecule has 0 aliphatic heterocycles. The molecule has 1 aromatic rings. The molecule has 0 amide bonds. The molecule has 0 bridgehead atoms. The second-order valence-electron chi connectivity index (χ2n) is 3.34. The van der Waals surface area contributed by atoms with E-state index in [4.69, 9.17) is 9.47 Å². The van der Waals surface area contributed by atoms with Crippen LogP contribution in [0.25, 0.3) is 0 Å². The maximum Gasteiger partial charge on any atom is 0.191 e. The van der Waals surface area contributed by atoms with Gasteiger partial charge in [-0.3, -0.25) is 0 Å². The number of hydrogen-bond acceptors (Lipinski definition) is 2. The van der Waals surface area contributed by atoms with Crippen molar-refractivity contribution in [2.24, 2.45) is 0 Å². The Kier molecular flexibility index (Phi) is 5.01. The normalized spacial score (nSPS) is 11.9. The predicted octanol–water partition coefficient (Wildman–Crippen LogP) is 1.70. The smallest absolute Gasteiger partial charge is 0.191 e. The number of benzene rings is 1. The molecule has 2 nitrogen and oxygen atoms in total. The van der Waals surface area contributed by atoms with Crippen LogP contribution in [0.3, 0.4) is 0 Å². The van der Waals surface area contributed by atoms with Gasteiger partial charge in [-0.1, -0.05) is 30.3 Å². The lowest BCUT2D eigenvalue weighted by molar-refractivity contribution is -0.229. The highest BCUT2D eigenvalue weighted by Gasteiger charge is 2.31. The Labute approximate surface area is 95.0 Å². The lowest BCUT2D eigenvalue weighted by Gasteiger charge is -2.32. The van der Waals surface area contributed by atoms with Crippen LogP contribution in [0.2, 0.25) is 6.04 Å². The average Bonchev–Trinajstić information content (AvgIpc) is 2.30. The first kappa shape index (κ1) is 12.4. The predicted molar refractivity (Wildman–Crippen MR) is 66.1 cm³/mol. The van der Waals surface area contributed by atoms with E-state index >= 15 is 0 Å². The third-order valence-corrected chi connectivity index (χ3v) is 3.36. The van der Waals surface area contributed by atoms with Gasteiger partial charge in [0.05, 0.1) is 0 Å². The minimum absolute atomic E-state index is 0.503. The highest BCUT2D eigenvalue weighted by Crippen LogP contribution is 2.30. The lowest BCUT2D eigenvalue weighted by Crippen LogP contribution is -2.33. The minimum atomic E-state index is -0.503. The van der Waals surface area contributed by atoms with Crippen LogP contribution in [0.1, 0.15) is 19.4 Å². The molecule has 0 N–H and O–H groups in total. The quantitative estimate of drug-likeness (QED) is 0.541. The van der Waals surface area contributed by atoms with Crippen LogP contribution >= 0.6 is 0 Å². The summed E-state index contributed by atoms with van der Waals surface area (Å²) in [5, 5.41) is 0. The lowest BCUT2D eigenvalue weighted by atomic mass is 10.1. The van der Waals surface area contributed by atoms with Gasteiger partial charge in [-0.25, -0.2) is 0 Å². The largest absolute Gasteiger partial charge is 0.346 e. The Morgan fingerprint density at radius 3 is 2.00 bits per heavy atom. The van der Waals surface area contributed by atoms with E-state index in [2.05, 4.69) is 12.1 Å². The fourth-order valence-electron chi connectivity index (χ4n) is 1.77. The Balaban J connectivity index is 2.97. The van der Waals surface area contributed by atoms with Crippen LogP contribution < -0.4 is 0 Å². The van der Waals surface area contributed by atoms with Gasteiger partial charge in [0.25, 0.3) is 0 Å². The molecule has 0 saturated carbocycles.